The fourth-order valence-electron chi connectivity index (χ4n) is 2.05. The lowest BCUT2D eigenvalue weighted by Crippen LogP contribution is -2.83. The summed E-state index contributed by atoms with van der Waals surface area (Å²) in [5, 5.41) is 9.13. The van der Waals surface area contributed by atoms with Crippen molar-refractivity contribution in [3.8, 4) is 0 Å². The lowest BCUT2D eigenvalue weighted by molar-refractivity contribution is -0.423. The molecule has 5 nitrogen and oxygen atoms in total. The second-order valence-corrected chi connectivity index (χ2v) is 5.52. The van der Waals surface area contributed by atoms with Gasteiger partial charge in [-0.15, -0.1) is 11.8 Å². The molecule has 0 aromatic carbocycles. The number of thioether (sulfide) groups is 1. The van der Waals surface area contributed by atoms with Crippen molar-refractivity contribution in [1.29, 1.82) is 0 Å². The average Bonchev–Trinajstić information content (AvgIpc) is 2.26. The van der Waals surface area contributed by atoms with Crippen LogP contribution in [0, 0.1) is 0 Å². The van der Waals surface area contributed by atoms with Gasteiger partial charge in [0.2, 0.25) is 0 Å². The molecule has 92 valence electrons. The van der Waals surface area contributed by atoms with Gasteiger partial charge >= 0.3 is 5.97 Å². The standard InChI is InChI=1S/C11H14N2O3S/c1-5(2)3-6-4-17-10-7(12)9(14)13(10)8(6)11(15)16/h3,7,10H,4,12H2,1-2H3,(H,15,16)/p+1. The molecule has 1 fully saturated rings. The molecule has 0 radical (unpaired) electrons. The number of allylic oxidation sites excluding steroid dienone is 2. The predicted octanol–water partition coefficient (Wildman–Crippen LogP) is -0.183. The number of β-lactam (4-membered cyclic amide) rings is 1. The van der Waals surface area contributed by atoms with Crippen LogP contribution in [0.2, 0.25) is 0 Å². The van der Waals surface area contributed by atoms with Crippen LogP contribution in [0.15, 0.2) is 22.9 Å². The van der Waals surface area contributed by atoms with Crippen LogP contribution in [0.5, 0.6) is 0 Å². The smallest absolute Gasteiger partial charge is 0.352 e. The van der Waals surface area contributed by atoms with Crippen molar-refractivity contribution in [3.63, 3.8) is 0 Å². The molecule has 2 aliphatic rings. The van der Waals surface area contributed by atoms with Crippen molar-refractivity contribution < 1.29 is 20.4 Å². The van der Waals surface area contributed by atoms with Gasteiger partial charge < -0.3 is 10.8 Å². The average molecular weight is 255 g/mol. The first-order chi connectivity index (χ1) is 7.93. The number of rotatable bonds is 2. The zero-order valence-electron chi connectivity index (χ0n) is 9.77. The van der Waals surface area contributed by atoms with Gasteiger partial charge in [0.25, 0.3) is 5.91 Å². The normalized spacial score (nSPS) is 27.5. The van der Waals surface area contributed by atoms with Crippen LogP contribution in [0.1, 0.15) is 13.8 Å². The van der Waals surface area contributed by atoms with Gasteiger partial charge in [-0.1, -0.05) is 11.6 Å². The van der Waals surface area contributed by atoms with Gasteiger partial charge in [0.05, 0.1) is 0 Å². The second-order valence-electron chi connectivity index (χ2n) is 4.42. The minimum Gasteiger partial charge on any atom is -0.477 e. The Morgan fingerprint density at radius 2 is 2.24 bits per heavy atom. The number of aliphatic carboxylic acids is 1. The van der Waals surface area contributed by atoms with Gasteiger partial charge in [0, 0.05) is 5.75 Å². The van der Waals surface area contributed by atoms with Gasteiger partial charge in [0.15, 0.2) is 6.04 Å². The SMILES string of the molecule is CC(C)=CC1=C(C(=O)O)N2C(=O)C([NH3+])C2SC1. The molecule has 17 heavy (non-hydrogen) atoms. The Hall–Kier alpha value is -1.27. The Morgan fingerprint density at radius 1 is 1.59 bits per heavy atom. The van der Waals surface area contributed by atoms with Gasteiger partial charge in [0.1, 0.15) is 11.1 Å². The van der Waals surface area contributed by atoms with E-state index in [4.69, 9.17) is 0 Å². The first-order valence-corrected chi connectivity index (χ1v) is 6.37. The zero-order chi connectivity index (χ0) is 12.7. The first kappa shape index (κ1) is 12.2. The van der Waals surface area contributed by atoms with E-state index in [1.165, 1.54) is 4.90 Å². The monoisotopic (exact) mass is 255 g/mol. The Labute approximate surface area is 103 Å². The van der Waals surface area contributed by atoms with E-state index < -0.39 is 5.97 Å². The van der Waals surface area contributed by atoms with E-state index in [1.807, 2.05) is 19.9 Å². The lowest BCUT2D eigenvalue weighted by Gasteiger charge is -2.45. The molecule has 2 atom stereocenters. The van der Waals surface area contributed by atoms with E-state index in [0.29, 0.717) is 11.3 Å². The molecular formula is C11H15N2O3S+. The number of fused-ring (bicyclic) bond motifs is 1. The molecule has 2 aliphatic heterocycles. The highest BCUT2D eigenvalue weighted by Crippen LogP contribution is 2.39. The molecule has 0 saturated carbocycles. The number of carbonyl (C=O) groups is 2. The molecule has 1 saturated heterocycles. The van der Waals surface area contributed by atoms with Gasteiger partial charge in [-0.05, 0) is 19.4 Å². The molecule has 0 spiro atoms. The van der Waals surface area contributed by atoms with Crippen molar-refractivity contribution in [1.82, 2.24) is 4.90 Å². The van der Waals surface area contributed by atoms with Crippen molar-refractivity contribution in [3.05, 3.63) is 22.9 Å². The number of carboxylic acids is 1. The number of quaternary nitrogens is 1. The van der Waals surface area contributed by atoms with Crippen molar-refractivity contribution in [2.75, 3.05) is 5.75 Å². The predicted molar refractivity (Wildman–Crippen MR) is 63.9 cm³/mol. The van der Waals surface area contributed by atoms with Crippen molar-refractivity contribution in [2.24, 2.45) is 0 Å². The Balaban J connectivity index is 2.44. The summed E-state index contributed by atoms with van der Waals surface area (Å²) in [6.45, 7) is 3.82. The second kappa shape index (κ2) is 4.19. The maximum atomic E-state index is 11.7. The number of nitrogens with zero attached hydrogens (tertiary/aromatic N) is 1. The van der Waals surface area contributed by atoms with Gasteiger partial charge in [-0.2, -0.15) is 0 Å². The number of amides is 1. The number of hydrogen-bond donors (Lipinski definition) is 2. The summed E-state index contributed by atoms with van der Waals surface area (Å²) in [5.41, 5.74) is 5.60. The topological polar surface area (TPSA) is 85.2 Å². The summed E-state index contributed by atoms with van der Waals surface area (Å²) in [6, 6.07) is -0.317. The highest BCUT2D eigenvalue weighted by molar-refractivity contribution is 8.00. The summed E-state index contributed by atoms with van der Waals surface area (Å²) >= 11 is 1.57. The van der Waals surface area contributed by atoms with Crippen LogP contribution in [0.3, 0.4) is 0 Å². The molecule has 6 heteroatoms. The van der Waals surface area contributed by atoms with Crippen LogP contribution < -0.4 is 5.73 Å². The molecule has 0 aliphatic carbocycles. The third-order valence-electron chi connectivity index (χ3n) is 2.77. The third-order valence-corrected chi connectivity index (χ3v) is 4.13. The quantitative estimate of drug-likeness (QED) is 0.670. The fraction of sp³-hybridized carbons (Fsp3) is 0.455. The molecule has 0 aromatic heterocycles. The first-order valence-electron chi connectivity index (χ1n) is 5.32. The summed E-state index contributed by atoms with van der Waals surface area (Å²) in [7, 11) is 0. The van der Waals surface area contributed by atoms with Crippen LogP contribution in [0.25, 0.3) is 0 Å². The van der Waals surface area contributed by atoms with E-state index in [1.54, 1.807) is 11.8 Å². The van der Waals surface area contributed by atoms with Gasteiger partial charge in [-0.3, -0.25) is 9.69 Å². The number of carbonyl (C=O) groups excluding carboxylic acids is 1. The Kier molecular flexibility index (Phi) is 3.01. The summed E-state index contributed by atoms with van der Waals surface area (Å²) in [4.78, 5) is 24.3. The summed E-state index contributed by atoms with van der Waals surface area (Å²) in [5.74, 6) is -0.616. The van der Waals surface area contributed by atoms with E-state index in [-0.39, 0.29) is 23.0 Å². The van der Waals surface area contributed by atoms with E-state index in [2.05, 4.69) is 5.73 Å². The Bertz CT molecular complexity index is 452. The van der Waals surface area contributed by atoms with E-state index in [0.717, 1.165) is 5.57 Å². The van der Waals surface area contributed by atoms with Crippen LogP contribution in [-0.2, 0) is 9.59 Å². The molecule has 2 unspecified atom stereocenters. The number of carboxylic acid groups (broad SMARTS) is 1. The lowest BCUT2D eigenvalue weighted by atomic mass is 10.0. The molecule has 2 heterocycles. The molecular weight excluding hydrogens is 240 g/mol. The highest BCUT2D eigenvalue weighted by atomic mass is 32.2. The van der Waals surface area contributed by atoms with Crippen LogP contribution in [-0.4, -0.2) is 39.1 Å². The molecule has 2 rings (SSSR count). The molecule has 1 amide bonds. The maximum Gasteiger partial charge on any atom is 0.352 e. The summed E-state index contributed by atoms with van der Waals surface area (Å²) in [6.07, 6.45) is 1.83. The van der Waals surface area contributed by atoms with Gasteiger partial charge in [-0.25, -0.2) is 4.79 Å². The highest BCUT2D eigenvalue weighted by Gasteiger charge is 2.54. The third kappa shape index (κ3) is 1.87. The van der Waals surface area contributed by atoms with Crippen LogP contribution >= 0.6 is 11.8 Å². The molecule has 4 N–H and O–H groups in total. The van der Waals surface area contributed by atoms with E-state index >= 15 is 0 Å². The largest absolute Gasteiger partial charge is 0.477 e. The fourth-order valence-corrected chi connectivity index (χ4v) is 3.33. The van der Waals surface area contributed by atoms with Crippen molar-refractivity contribution >= 4 is 23.6 Å². The summed E-state index contributed by atoms with van der Waals surface area (Å²) < 4.78 is 0. The minimum absolute atomic E-state index is 0.108. The Morgan fingerprint density at radius 3 is 2.76 bits per heavy atom. The maximum absolute atomic E-state index is 11.7. The molecule has 0 bridgehead atoms. The van der Waals surface area contributed by atoms with Crippen molar-refractivity contribution in [2.45, 2.75) is 25.3 Å². The van der Waals surface area contributed by atoms with Crippen LogP contribution in [0.4, 0.5) is 0 Å². The zero-order valence-corrected chi connectivity index (χ0v) is 10.6. The number of hydrogen-bond acceptors (Lipinski definition) is 3. The minimum atomic E-state index is -1.04. The molecule has 0 aromatic rings. The van der Waals surface area contributed by atoms with E-state index in [9.17, 15) is 14.7 Å².